The van der Waals surface area contributed by atoms with Crippen molar-refractivity contribution in [2.75, 3.05) is 24.3 Å². The van der Waals surface area contributed by atoms with Gasteiger partial charge in [-0.05, 0) is 32.6 Å². The van der Waals surface area contributed by atoms with Crippen LogP contribution in [0.15, 0.2) is 12.3 Å². The first-order valence-corrected chi connectivity index (χ1v) is 9.49. The number of rotatable bonds is 6. The van der Waals surface area contributed by atoms with Gasteiger partial charge in [-0.3, -0.25) is 4.68 Å². The van der Waals surface area contributed by atoms with Crippen molar-refractivity contribution in [1.82, 2.24) is 25.1 Å². The van der Waals surface area contributed by atoms with Gasteiger partial charge in [0, 0.05) is 51.4 Å². The summed E-state index contributed by atoms with van der Waals surface area (Å²) in [5.74, 6) is 2.64. The molecule has 1 saturated carbocycles. The highest BCUT2D eigenvalue weighted by atomic mass is 35.5. The maximum absolute atomic E-state index is 6.22. The van der Waals surface area contributed by atoms with Gasteiger partial charge in [0.05, 0.1) is 6.20 Å². The lowest BCUT2D eigenvalue weighted by atomic mass is 9.91. The summed E-state index contributed by atoms with van der Waals surface area (Å²) in [7, 11) is 5.85. The Morgan fingerprint density at radius 1 is 1.19 bits per heavy atom. The minimum atomic E-state index is 0.458. The van der Waals surface area contributed by atoms with Crippen molar-refractivity contribution in [2.45, 2.75) is 51.2 Å². The highest BCUT2D eigenvalue weighted by molar-refractivity contribution is 6.30. The second-order valence-electron chi connectivity index (χ2n) is 7.21. The van der Waals surface area contributed by atoms with E-state index in [-0.39, 0.29) is 0 Å². The Kier molecular flexibility index (Phi) is 5.98. The quantitative estimate of drug-likeness (QED) is 0.806. The van der Waals surface area contributed by atoms with Gasteiger partial charge in [-0.15, -0.1) is 0 Å². The molecule has 0 aromatic carbocycles. The lowest BCUT2D eigenvalue weighted by molar-refractivity contribution is 0.352. The van der Waals surface area contributed by atoms with Crippen molar-refractivity contribution >= 4 is 23.2 Å². The molecule has 0 bridgehead atoms. The first kappa shape index (κ1) is 18.9. The van der Waals surface area contributed by atoms with E-state index in [2.05, 4.69) is 25.7 Å². The van der Waals surface area contributed by atoms with Crippen molar-refractivity contribution in [1.29, 1.82) is 0 Å². The third-order valence-corrected chi connectivity index (χ3v) is 5.37. The van der Waals surface area contributed by atoms with Crippen molar-refractivity contribution in [3.8, 4) is 0 Å². The van der Waals surface area contributed by atoms with Gasteiger partial charge in [0.15, 0.2) is 0 Å². The number of nitrogens with one attached hydrogen (secondary N) is 2. The van der Waals surface area contributed by atoms with Crippen LogP contribution in [-0.4, -0.2) is 45.9 Å². The minimum Gasteiger partial charge on any atom is -0.367 e. The summed E-state index contributed by atoms with van der Waals surface area (Å²) in [6.45, 7) is 2.70. The van der Waals surface area contributed by atoms with Gasteiger partial charge in [-0.1, -0.05) is 11.6 Å². The molecule has 0 saturated heterocycles. The number of halogens is 1. The van der Waals surface area contributed by atoms with Crippen molar-refractivity contribution in [3.63, 3.8) is 0 Å². The fourth-order valence-corrected chi connectivity index (χ4v) is 3.51. The van der Waals surface area contributed by atoms with Gasteiger partial charge in [-0.2, -0.15) is 5.10 Å². The number of hydrogen-bond acceptors (Lipinski definition) is 6. The second-order valence-corrected chi connectivity index (χ2v) is 7.57. The average molecular weight is 378 g/mol. The Hall–Kier alpha value is -1.86. The van der Waals surface area contributed by atoms with E-state index in [1.165, 1.54) is 0 Å². The lowest BCUT2D eigenvalue weighted by Crippen LogP contribution is -2.36. The Balaban J connectivity index is 1.49. The maximum Gasteiger partial charge on any atom is 0.133 e. The van der Waals surface area contributed by atoms with Crippen LogP contribution >= 0.6 is 11.6 Å². The van der Waals surface area contributed by atoms with Crippen LogP contribution in [0.1, 0.15) is 37.1 Å². The van der Waals surface area contributed by atoms with Crippen LogP contribution in [0.3, 0.4) is 0 Å². The predicted octanol–water partition coefficient (Wildman–Crippen LogP) is 2.75. The fraction of sp³-hybridized carbons (Fsp3) is 0.611. The predicted molar refractivity (Wildman–Crippen MR) is 106 cm³/mol. The fourth-order valence-electron chi connectivity index (χ4n) is 3.35. The number of aryl methyl sites for hydroxylation is 2. The van der Waals surface area contributed by atoms with Gasteiger partial charge in [0.2, 0.25) is 0 Å². The molecule has 1 aliphatic rings. The number of anilines is 2. The summed E-state index contributed by atoms with van der Waals surface area (Å²) in [6.07, 6.45) is 6.36. The second kappa shape index (κ2) is 8.22. The molecule has 0 atom stereocenters. The summed E-state index contributed by atoms with van der Waals surface area (Å²) in [5, 5.41) is 12.1. The topological polar surface area (TPSA) is 70.9 Å². The maximum atomic E-state index is 6.22. The molecular formula is C18H28ClN7. The SMILES string of the molecule is Cc1nc(NC2CCC(NCc3cnn(C)c3Cl)CC2)cc(N(C)C)n1. The van der Waals surface area contributed by atoms with Crippen LogP contribution in [0.25, 0.3) is 0 Å². The third-order valence-electron chi connectivity index (χ3n) is 4.88. The zero-order valence-electron chi connectivity index (χ0n) is 16.0. The summed E-state index contributed by atoms with van der Waals surface area (Å²) >= 11 is 6.22. The Morgan fingerprint density at radius 3 is 2.50 bits per heavy atom. The largest absolute Gasteiger partial charge is 0.367 e. The summed E-state index contributed by atoms with van der Waals surface area (Å²) in [6, 6.07) is 3.00. The molecule has 0 radical (unpaired) electrons. The van der Waals surface area contributed by atoms with Crippen molar-refractivity contribution in [3.05, 3.63) is 28.8 Å². The van der Waals surface area contributed by atoms with Gasteiger partial charge in [0.25, 0.3) is 0 Å². The molecule has 3 rings (SSSR count). The number of hydrogen-bond donors (Lipinski definition) is 2. The van der Waals surface area contributed by atoms with Crippen molar-refractivity contribution < 1.29 is 0 Å². The van der Waals surface area contributed by atoms with E-state index < -0.39 is 0 Å². The van der Waals surface area contributed by atoms with Crippen LogP contribution in [-0.2, 0) is 13.6 Å². The van der Waals surface area contributed by atoms with E-state index in [0.717, 1.165) is 55.3 Å². The van der Waals surface area contributed by atoms with Crippen molar-refractivity contribution in [2.24, 2.45) is 7.05 Å². The van der Waals surface area contributed by atoms with Crippen LogP contribution < -0.4 is 15.5 Å². The van der Waals surface area contributed by atoms with Gasteiger partial charge in [0.1, 0.15) is 22.6 Å². The number of nitrogens with zero attached hydrogens (tertiary/aromatic N) is 5. The highest BCUT2D eigenvalue weighted by Gasteiger charge is 2.22. The molecule has 0 aliphatic heterocycles. The monoisotopic (exact) mass is 377 g/mol. The smallest absolute Gasteiger partial charge is 0.133 e. The molecule has 0 amide bonds. The van der Waals surface area contributed by atoms with E-state index in [1.807, 2.05) is 45.2 Å². The van der Waals surface area contributed by atoms with E-state index in [0.29, 0.717) is 17.2 Å². The zero-order chi connectivity index (χ0) is 18.7. The van der Waals surface area contributed by atoms with E-state index in [4.69, 9.17) is 11.6 Å². The molecule has 2 aromatic rings. The molecule has 8 heteroatoms. The summed E-state index contributed by atoms with van der Waals surface area (Å²) in [4.78, 5) is 11.0. The van der Waals surface area contributed by atoms with Gasteiger partial charge < -0.3 is 15.5 Å². The molecular weight excluding hydrogens is 350 g/mol. The molecule has 0 unspecified atom stereocenters. The molecule has 2 aromatic heterocycles. The van der Waals surface area contributed by atoms with Crippen LogP contribution in [0.2, 0.25) is 5.15 Å². The van der Waals surface area contributed by atoms with Crippen LogP contribution in [0.4, 0.5) is 11.6 Å². The van der Waals surface area contributed by atoms with E-state index in [9.17, 15) is 0 Å². The molecule has 1 aliphatic carbocycles. The standard InChI is InChI=1S/C18H28ClN7/c1-12-22-16(9-17(23-12)25(2)3)24-15-7-5-14(6-8-15)20-10-13-11-21-26(4)18(13)19/h9,11,14-15,20H,5-8,10H2,1-4H3,(H,22,23,24). The average Bonchev–Trinajstić information content (AvgIpc) is 2.92. The first-order chi connectivity index (χ1) is 12.4. The highest BCUT2D eigenvalue weighted by Crippen LogP contribution is 2.24. The summed E-state index contributed by atoms with van der Waals surface area (Å²) in [5.41, 5.74) is 1.06. The molecule has 26 heavy (non-hydrogen) atoms. The third kappa shape index (κ3) is 4.65. The lowest BCUT2D eigenvalue weighted by Gasteiger charge is -2.30. The minimum absolute atomic E-state index is 0.458. The number of aromatic nitrogens is 4. The normalized spacial score (nSPS) is 20.2. The van der Waals surface area contributed by atoms with Crippen LogP contribution in [0, 0.1) is 6.92 Å². The zero-order valence-corrected chi connectivity index (χ0v) is 16.7. The Morgan fingerprint density at radius 2 is 1.88 bits per heavy atom. The molecule has 142 valence electrons. The molecule has 2 heterocycles. The molecule has 1 fully saturated rings. The molecule has 2 N–H and O–H groups in total. The molecule has 7 nitrogen and oxygen atoms in total. The Labute approximate surface area is 160 Å². The van der Waals surface area contributed by atoms with Gasteiger partial charge >= 0.3 is 0 Å². The van der Waals surface area contributed by atoms with Crippen LogP contribution in [0.5, 0.6) is 0 Å². The van der Waals surface area contributed by atoms with E-state index >= 15 is 0 Å². The molecule has 0 spiro atoms. The Bertz CT molecular complexity index is 735. The van der Waals surface area contributed by atoms with Gasteiger partial charge in [-0.25, -0.2) is 9.97 Å². The summed E-state index contributed by atoms with van der Waals surface area (Å²) < 4.78 is 1.70. The first-order valence-electron chi connectivity index (χ1n) is 9.11. The van der Waals surface area contributed by atoms with E-state index in [1.54, 1.807) is 4.68 Å².